The highest BCUT2D eigenvalue weighted by Gasteiger charge is 2.15. The Morgan fingerprint density at radius 2 is 1.85 bits per heavy atom. The molecule has 1 N–H and O–H groups in total. The molecule has 0 fully saturated rings. The summed E-state index contributed by atoms with van der Waals surface area (Å²) in [5.41, 5.74) is 1.07. The highest BCUT2D eigenvalue weighted by molar-refractivity contribution is 7.89. The van der Waals surface area contributed by atoms with Crippen LogP contribution in [0.25, 0.3) is 0 Å². The third-order valence-corrected chi connectivity index (χ3v) is 4.88. The Kier molecular flexibility index (Phi) is 6.45. The van der Waals surface area contributed by atoms with E-state index in [1.807, 2.05) is 12.1 Å². The summed E-state index contributed by atoms with van der Waals surface area (Å²) >= 11 is 5.78. The van der Waals surface area contributed by atoms with Crippen LogP contribution in [-0.4, -0.2) is 45.0 Å². The largest absolute Gasteiger partial charge is 0.356 e. The van der Waals surface area contributed by atoms with E-state index in [-0.39, 0.29) is 18.1 Å². The Labute approximate surface area is 125 Å². The molecule has 0 aromatic heterocycles. The predicted molar refractivity (Wildman–Crippen MR) is 80.3 cm³/mol. The molecular weight excluding hydrogens is 300 g/mol. The number of carbonyl (C=O) groups is 1. The molecule has 0 bridgehead atoms. The lowest BCUT2D eigenvalue weighted by Crippen LogP contribution is -2.31. The molecule has 5 nitrogen and oxygen atoms in total. The van der Waals surface area contributed by atoms with Crippen LogP contribution in [0.3, 0.4) is 0 Å². The van der Waals surface area contributed by atoms with Gasteiger partial charge in [-0.15, -0.1) is 0 Å². The summed E-state index contributed by atoms with van der Waals surface area (Å²) in [5.74, 6) is -0.434. The van der Waals surface area contributed by atoms with Crippen molar-refractivity contribution in [3.05, 3.63) is 34.9 Å². The van der Waals surface area contributed by atoms with E-state index in [0.29, 0.717) is 18.0 Å². The first kappa shape index (κ1) is 16.9. The fraction of sp³-hybridized carbons (Fsp3) is 0.462. The van der Waals surface area contributed by atoms with Crippen molar-refractivity contribution < 1.29 is 13.2 Å². The number of rotatable bonds is 7. The molecule has 0 radical (unpaired) electrons. The molecule has 0 heterocycles. The smallest absolute Gasteiger partial charge is 0.221 e. The zero-order valence-electron chi connectivity index (χ0n) is 11.6. The van der Waals surface area contributed by atoms with Crippen molar-refractivity contribution in [2.45, 2.75) is 12.8 Å². The third-order valence-electron chi connectivity index (χ3n) is 2.79. The Balaban J connectivity index is 2.29. The van der Waals surface area contributed by atoms with E-state index in [9.17, 15) is 13.2 Å². The zero-order valence-corrected chi connectivity index (χ0v) is 13.2. The van der Waals surface area contributed by atoms with Crippen LogP contribution >= 0.6 is 11.6 Å². The first-order valence-corrected chi connectivity index (χ1v) is 8.21. The summed E-state index contributed by atoms with van der Waals surface area (Å²) in [7, 11) is -0.413. The van der Waals surface area contributed by atoms with Gasteiger partial charge in [-0.1, -0.05) is 23.7 Å². The van der Waals surface area contributed by atoms with Gasteiger partial charge >= 0.3 is 0 Å². The molecule has 0 saturated carbocycles. The quantitative estimate of drug-likeness (QED) is 0.823. The van der Waals surface area contributed by atoms with Gasteiger partial charge in [-0.3, -0.25) is 4.79 Å². The number of hydrogen-bond donors (Lipinski definition) is 1. The number of carbonyl (C=O) groups excluding carboxylic acids is 1. The van der Waals surface area contributed by atoms with Crippen molar-refractivity contribution in [2.75, 3.05) is 26.4 Å². The number of amides is 1. The number of halogens is 1. The van der Waals surface area contributed by atoms with Crippen LogP contribution in [-0.2, 0) is 21.2 Å². The molecule has 0 unspecified atom stereocenters. The molecule has 20 heavy (non-hydrogen) atoms. The van der Waals surface area contributed by atoms with Crippen molar-refractivity contribution in [2.24, 2.45) is 0 Å². The number of nitrogens with zero attached hydrogens (tertiary/aromatic N) is 1. The number of hydrogen-bond acceptors (Lipinski definition) is 3. The molecule has 1 amide bonds. The van der Waals surface area contributed by atoms with Gasteiger partial charge in [0.05, 0.1) is 5.75 Å². The summed E-state index contributed by atoms with van der Waals surface area (Å²) in [5, 5.41) is 3.38. The first-order valence-electron chi connectivity index (χ1n) is 6.22. The average Bonchev–Trinajstić information content (AvgIpc) is 2.39. The lowest BCUT2D eigenvalue weighted by molar-refractivity contribution is -0.120. The van der Waals surface area contributed by atoms with Crippen molar-refractivity contribution in [1.29, 1.82) is 0 Å². The lowest BCUT2D eigenvalue weighted by atomic mass is 10.1. The van der Waals surface area contributed by atoms with Crippen LogP contribution in [0.15, 0.2) is 24.3 Å². The van der Waals surface area contributed by atoms with Crippen LogP contribution in [0.4, 0.5) is 0 Å². The highest BCUT2D eigenvalue weighted by Crippen LogP contribution is 2.09. The van der Waals surface area contributed by atoms with Crippen LogP contribution in [0.5, 0.6) is 0 Å². The van der Waals surface area contributed by atoms with Crippen molar-refractivity contribution in [3.63, 3.8) is 0 Å². The van der Waals surface area contributed by atoms with Crippen molar-refractivity contribution in [3.8, 4) is 0 Å². The van der Waals surface area contributed by atoms with E-state index >= 15 is 0 Å². The van der Waals surface area contributed by atoms with Crippen molar-refractivity contribution >= 4 is 27.5 Å². The predicted octanol–water partition coefficient (Wildman–Crippen LogP) is 1.28. The summed E-state index contributed by atoms with van der Waals surface area (Å²) in [6, 6.07) is 7.38. The Hall–Kier alpha value is -1.11. The molecular formula is C13H19ClN2O3S. The van der Waals surface area contributed by atoms with Crippen LogP contribution in [0.2, 0.25) is 5.02 Å². The number of benzene rings is 1. The van der Waals surface area contributed by atoms with Crippen molar-refractivity contribution in [1.82, 2.24) is 9.62 Å². The fourth-order valence-corrected chi connectivity index (χ4v) is 2.42. The second-order valence-corrected chi connectivity index (χ2v) is 7.31. The van der Waals surface area contributed by atoms with Gasteiger partial charge in [-0.2, -0.15) is 0 Å². The molecule has 7 heteroatoms. The molecule has 0 aliphatic heterocycles. The Bertz CT molecular complexity index is 541. The van der Waals surface area contributed by atoms with Gasteiger partial charge < -0.3 is 5.32 Å². The monoisotopic (exact) mass is 318 g/mol. The number of sulfonamides is 1. The fourth-order valence-electron chi connectivity index (χ4n) is 1.49. The van der Waals surface area contributed by atoms with Crippen LogP contribution in [0, 0.1) is 0 Å². The average molecular weight is 319 g/mol. The summed E-state index contributed by atoms with van der Waals surface area (Å²) in [6.07, 6.45) is 0.657. The van der Waals surface area contributed by atoms with Gasteiger partial charge in [0.15, 0.2) is 0 Å². The van der Waals surface area contributed by atoms with E-state index in [1.165, 1.54) is 14.1 Å². The van der Waals surface area contributed by atoms with E-state index in [0.717, 1.165) is 9.87 Å². The second kappa shape index (κ2) is 7.61. The normalized spacial score (nSPS) is 11.6. The molecule has 0 spiro atoms. The highest BCUT2D eigenvalue weighted by atomic mass is 35.5. The van der Waals surface area contributed by atoms with E-state index in [2.05, 4.69) is 5.32 Å². The number of nitrogens with one attached hydrogen (secondary N) is 1. The molecule has 0 saturated heterocycles. The topological polar surface area (TPSA) is 66.5 Å². The van der Waals surface area contributed by atoms with Gasteiger partial charge in [-0.05, 0) is 24.1 Å². The zero-order chi connectivity index (χ0) is 15.2. The Morgan fingerprint density at radius 3 is 2.40 bits per heavy atom. The molecule has 1 aromatic rings. The van der Waals surface area contributed by atoms with E-state index in [1.54, 1.807) is 12.1 Å². The van der Waals surface area contributed by atoms with Gasteiger partial charge in [0.25, 0.3) is 0 Å². The van der Waals surface area contributed by atoms with Gasteiger partial charge in [-0.25, -0.2) is 12.7 Å². The maximum atomic E-state index is 11.5. The minimum Gasteiger partial charge on any atom is -0.356 e. The summed E-state index contributed by atoms with van der Waals surface area (Å²) < 4.78 is 24.1. The Morgan fingerprint density at radius 1 is 1.25 bits per heavy atom. The summed E-state index contributed by atoms with van der Waals surface area (Å²) in [4.78, 5) is 11.5. The second-order valence-electron chi connectivity index (χ2n) is 4.57. The van der Waals surface area contributed by atoms with E-state index < -0.39 is 10.0 Å². The van der Waals surface area contributed by atoms with Gasteiger partial charge in [0.2, 0.25) is 15.9 Å². The maximum Gasteiger partial charge on any atom is 0.221 e. The third kappa shape index (κ3) is 5.90. The van der Waals surface area contributed by atoms with E-state index in [4.69, 9.17) is 11.6 Å². The SMILES string of the molecule is CN(C)S(=O)(=O)CCC(=O)NCCc1ccc(Cl)cc1. The van der Waals surface area contributed by atoms with Gasteiger partial charge in [0, 0.05) is 32.1 Å². The summed E-state index contributed by atoms with van der Waals surface area (Å²) in [6.45, 7) is 0.475. The molecule has 0 atom stereocenters. The van der Waals surface area contributed by atoms with Crippen LogP contribution < -0.4 is 5.32 Å². The van der Waals surface area contributed by atoms with Gasteiger partial charge in [0.1, 0.15) is 0 Å². The molecule has 1 aromatic carbocycles. The minimum atomic E-state index is -3.32. The maximum absolute atomic E-state index is 11.5. The standard InChI is InChI=1S/C13H19ClN2O3S/c1-16(2)20(18,19)10-8-13(17)15-9-7-11-3-5-12(14)6-4-11/h3-6H,7-10H2,1-2H3,(H,15,17). The minimum absolute atomic E-state index is 0.0267. The van der Waals surface area contributed by atoms with Crippen LogP contribution in [0.1, 0.15) is 12.0 Å². The molecule has 112 valence electrons. The molecule has 0 aliphatic carbocycles. The molecule has 1 rings (SSSR count). The lowest BCUT2D eigenvalue weighted by Gasteiger charge is -2.11. The first-order chi connectivity index (χ1) is 9.31. The molecule has 0 aliphatic rings.